The van der Waals surface area contributed by atoms with Gasteiger partial charge in [0.25, 0.3) is 0 Å². The van der Waals surface area contributed by atoms with E-state index in [0.717, 1.165) is 18.4 Å². The van der Waals surface area contributed by atoms with Crippen LogP contribution in [-0.2, 0) is 21.2 Å². The van der Waals surface area contributed by atoms with Crippen LogP contribution in [0, 0.1) is 11.7 Å². The molecule has 8 heteroatoms. The molecule has 2 aliphatic rings. The normalized spacial score (nSPS) is 19.9. The van der Waals surface area contributed by atoms with Gasteiger partial charge in [0.05, 0.1) is 23.6 Å². The summed E-state index contributed by atoms with van der Waals surface area (Å²) in [6, 6.07) is 11.1. The summed E-state index contributed by atoms with van der Waals surface area (Å²) >= 11 is 0. The van der Waals surface area contributed by atoms with Crippen molar-refractivity contribution < 1.29 is 22.3 Å². The molecule has 0 radical (unpaired) electrons. The van der Waals surface area contributed by atoms with Gasteiger partial charge >= 0.3 is 0 Å². The van der Waals surface area contributed by atoms with Crippen molar-refractivity contribution in [2.24, 2.45) is 5.92 Å². The maximum atomic E-state index is 14.5. The molecule has 0 bridgehead atoms. The predicted molar refractivity (Wildman–Crippen MR) is 112 cm³/mol. The van der Waals surface area contributed by atoms with Crippen molar-refractivity contribution in [3.8, 4) is 5.75 Å². The molecule has 0 spiro atoms. The lowest BCUT2D eigenvalue weighted by Crippen LogP contribution is -2.48. The van der Waals surface area contributed by atoms with Crippen LogP contribution in [0.3, 0.4) is 0 Å². The van der Waals surface area contributed by atoms with Gasteiger partial charge in [-0.1, -0.05) is 12.1 Å². The summed E-state index contributed by atoms with van der Waals surface area (Å²) in [5, 5.41) is 0. The molecule has 4 rings (SSSR count). The number of carbonyl (C=O) groups is 1. The molecule has 2 heterocycles. The van der Waals surface area contributed by atoms with Gasteiger partial charge in [0, 0.05) is 19.6 Å². The molecule has 2 aliphatic heterocycles. The van der Waals surface area contributed by atoms with E-state index in [4.69, 9.17) is 4.74 Å². The number of para-hydroxylation sites is 1. The number of ether oxygens (including phenoxy) is 1. The van der Waals surface area contributed by atoms with Crippen molar-refractivity contribution in [2.75, 3.05) is 31.6 Å². The van der Waals surface area contributed by atoms with Crippen molar-refractivity contribution in [2.45, 2.75) is 30.6 Å². The van der Waals surface area contributed by atoms with Crippen LogP contribution in [0.5, 0.6) is 5.75 Å². The lowest BCUT2D eigenvalue weighted by Gasteiger charge is -2.36. The number of hydrogen-bond donors (Lipinski definition) is 0. The summed E-state index contributed by atoms with van der Waals surface area (Å²) in [5.74, 6) is -0.515. The van der Waals surface area contributed by atoms with E-state index in [0.29, 0.717) is 37.4 Å². The Bertz CT molecular complexity index is 1040. The van der Waals surface area contributed by atoms with Crippen molar-refractivity contribution in [1.82, 2.24) is 4.31 Å². The molecule has 0 aromatic heterocycles. The van der Waals surface area contributed by atoms with Crippen molar-refractivity contribution in [3.05, 3.63) is 53.8 Å². The lowest BCUT2D eigenvalue weighted by atomic mass is 9.95. The first kappa shape index (κ1) is 20.8. The van der Waals surface area contributed by atoms with E-state index in [1.807, 2.05) is 6.07 Å². The lowest BCUT2D eigenvalue weighted by molar-refractivity contribution is -0.123. The van der Waals surface area contributed by atoms with Crippen LogP contribution in [-0.4, -0.2) is 45.4 Å². The van der Waals surface area contributed by atoms with E-state index in [1.165, 1.54) is 34.5 Å². The second kappa shape index (κ2) is 8.35. The zero-order valence-corrected chi connectivity index (χ0v) is 17.7. The monoisotopic (exact) mass is 432 g/mol. The van der Waals surface area contributed by atoms with Crippen molar-refractivity contribution >= 4 is 21.6 Å². The van der Waals surface area contributed by atoms with Crippen LogP contribution in [0.25, 0.3) is 0 Å². The van der Waals surface area contributed by atoms with E-state index in [9.17, 15) is 17.6 Å². The minimum absolute atomic E-state index is 0.105. The first-order chi connectivity index (χ1) is 14.4. The highest BCUT2D eigenvalue weighted by Gasteiger charge is 2.37. The summed E-state index contributed by atoms with van der Waals surface area (Å²) in [7, 11) is -2.20. The van der Waals surface area contributed by atoms with Crippen LogP contribution < -0.4 is 9.64 Å². The summed E-state index contributed by atoms with van der Waals surface area (Å²) in [6.07, 6.45) is 2.68. The number of anilines is 1. The van der Waals surface area contributed by atoms with Gasteiger partial charge < -0.3 is 9.64 Å². The van der Waals surface area contributed by atoms with Gasteiger partial charge in [0.1, 0.15) is 11.6 Å². The second-order valence-corrected chi connectivity index (χ2v) is 9.66. The molecule has 30 heavy (non-hydrogen) atoms. The van der Waals surface area contributed by atoms with E-state index in [1.54, 1.807) is 18.2 Å². The molecule has 0 saturated carbocycles. The molecule has 1 fully saturated rings. The fourth-order valence-electron chi connectivity index (χ4n) is 4.30. The Morgan fingerprint density at radius 2 is 1.87 bits per heavy atom. The molecule has 1 saturated heterocycles. The highest BCUT2D eigenvalue weighted by atomic mass is 32.2. The van der Waals surface area contributed by atoms with E-state index in [-0.39, 0.29) is 17.3 Å². The van der Waals surface area contributed by atoms with Crippen LogP contribution in [0.15, 0.2) is 47.4 Å². The summed E-state index contributed by atoms with van der Waals surface area (Å²) in [5.41, 5.74) is 1.18. The van der Waals surface area contributed by atoms with E-state index >= 15 is 0 Å². The van der Waals surface area contributed by atoms with Crippen LogP contribution in [0.2, 0.25) is 0 Å². The number of benzene rings is 2. The maximum Gasteiger partial charge on any atom is 0.243 e. The number of hydrogen-bond acceptors (Lipinski definition) is 4. The first-order valence-electron chi connectivity index (χ1n) is 10.1. The average Bonchev–Trinajstić information content (AvgIpc) is 2.78. The number of carbonyl (C=O) groups excluding carboxylic acids is 1. The number of fused-ring (bicyclic) bond motifs is 1. The number of amides is 1. The van der Waals surface area contributed by atoms with Crippen molar-refractivity contribution in [1.29, 1.82) is 0 Å². The zero-order chi connectivity index (χ0) is 21.3. The van der Waals surface area contributed by atoms with Crippen LogP contribution >= 0.6 is 0 Å². The summed E-state index contributed by atoms with van der Waals surface area (Å²) < 4.78 is 47.1. The Hall–Kier alpha value is -2.45. The Kier molecular flexibility index (Phi) is 5.79. The quantitative estimate of drug-likeness (QED) is 0.744. The van der Waals surface area contributed by atoms with E-state index in [2.05, 4.69) is 0 Å². The molecule has 2 aromatic rings. The molecule has 1 atom stereocenters. The summed E-state index contributed by atoms with van der Waals surface area (Å²) in [4.78, 5) is 15.0. The Morgan fingerprint density at radius 1 is 1.10 bits per heavy atom. The molecule has 160 valence electrons. The highest BCUT2D eigenvalue weighted by Crippen LogP contribution is 2.33. The summed E-state index contributed by atoms with van der Waals surface area (Å²) in [6.45, 7) is 0.922. The van der Waals surface area contributed by atoms with Gasteiger partial charge in [-0.15, -0.1) is 0 Å². The average molecular weight is 433 g/mol. The zero-order valence-electron chi connectivity index (χ0n) is 16.9. The van der Waals surface area contributed by atoms with Gasteiger partial charge in [0.15, 0.2) is 0 Å². The molecule has 2 aromatic carbocycles. The van der Waals surface area contributed by atoms with Crippen LogP contribution in [0.4, 0.5) is 10.1 Å². The number of piperidine rings is 1. The Labute approximate surface area is 176 Å². The van der Waals surface area contributed by atoms with Gasteiger partial charge in [-0.25, -0.2) is 12.8 Å². The minimum atomic E-state index is -3.72. The molecule has 0 N–H and O–H groups in total. The largest absolute Gasteiger partial charge is 0.497 e. The Balaban J connectivity index is 1.55. The number of aryl methyl sites for hydroxylation is 1. The van der Waals surface area contributed by atoms with Gasteiger partial charge in [-0.2, -0.15) is 4.31 Å². The third kappa shape index (κ3) is 3.81. The number of rotatable bonds is 4. The predicted octanol–water partition coefficient (Wildman–Crippen LogP) is 3.21. The van der Waals surface area contributed by atoms with Gasteiger partial charge in [-0.3, -0.25) is 4.79 Å². The topological polar surface area (TPSA) is 66.9 Å². The number of sulfonamides is 1. The standard InChI is InChI=1S/C22H25FN2O4S/c1-29-18-9-11-19(12-10-18)30(27,28)24-13-3-7-17(15-24)22(26)25-14-4-6-16-5-2-8-20(23)21(16)25/h2,5,8-12,17H,3-4,6-7,13-15H2,1H3. The minimum Gasteiger partial charge on any atom is -0.497 e. The number of methoxy groups -OCH3 is 1. The maximum absolute atomic E-state index is 14.5. The second-order valence-electron chi connectivity index (χ2n) is 7.72. The smallest absolute Gasteiger partial charge is 0.243 e. The highest BCUT2D eigenvalue weighted by molar-refractivity contribution is 7.89. The van der Waals surface area contributed by atoms with E-state index < -0.39 is 21.8 Å². The van der Waals surface area contributed by atoms with Crippen molar-refractivity contribution in [3.63, 3.8) is 0 Å². The molecular formula is C22H25FN2O4S. The van der Waals surface area contributed by atoms with Gasteiger partial charge in [0.2, 0.25) is 15.9 Å². The fraction of sp³-hybridized carbons (Fsp3) is 0.409. The third-order valence-corrected chi connectivity index (χ3v) is 7.74. The Morgan fingerprint density at radius 3 is 2.60 bits per heavy atom. The molecule has 0 aliphatic carbocycles. The fourth-order valence-corrected chi connectivity index (χ4v) is 5.83. The SMILES string of the molecule is COc1ccc(S(=O)(=O)N2CCCC(C(=O)N3CCCc4cccc(F)c43)C2)cc1. The molecule has 1 unspecified atom stereocenters. The molecular weight excluding hydrogens is 407 g/mol. The number of nitrogens with zero attached hydrogens (tertiary/aromatic N) is 2. The van der Waals surface area contributed by atoms with Gasteiger partial charge in [-0.05, 0) is 61.6 Å². The molecule has 6 nitrogen and oxygen atoms in total. The first-order valence-corrected chi connectivity index (χ1v) is 11.6. The third-order valence-electron chi connectivity index (χ3n) is 5.86. The van der Waals surface area contributed by atoms with Crippen LogP contribution in [0.1, 0.15) is 24.8 Å². The molecule has 1 amide bonds. The number of halogens is 1.